The Labute approximate surface area is 165 Å². The number of para-hydroxylation sites is 1. The minimum atomic E-state index is -0.760. The molecule has 150 valence electrons. The highest BCUT2D eigenvalue weighted by Gasteiger charge is 2.25. The van der Waals surface area contributed by atoms with Crippen LogP contribution in [0.3, 0.4) is 0 Å². The average Bonchev–Trinajstić information content (AvgIpc) is 2.70. The Morgan fingerprint density at radius 2 is 1.57 bits per heavy atom. The molecule has 0 heterocycles. The average molecular weight is 386 g/mol. The van der Waals surface area contributed by atoms with Gasteiger partial charge in [-0.2, -0.15) is 0 Å². The molecule has 0 aromatic heterocycles. The third-order valence-corrected chi connectivity index (χ3v) is 3.89. The maximum absolute atomic E-state index is 12.3. The molecule has 0 aliphatic heterocycles. The topological polar surface area (TPSA) is 85.9 Å². The van der Waals surface area contributed by atoms with Gasteiger partial charge in [0.25, 0.3) is 0 Å². The first-order valence-electron chi connectivity index (χ1n) is 9.05. The lowest BCUT2D eigenvalue weighted by Gasteiger charge is -2.21. The van der Waals surface area contributed by atoms with Crippen LogP contribution in [0.4, 0.5) is 10.5 Å². The fourth-order valence-electron chi connectivity index (χ4n) is 2.39. The molecule has 0 saturated carbocycles. The number of hydrogen-bond acceptors (Lipinski definition) is 5. The molecule has 2 aromatic carbocycles. The Morgan fingerprint density at radius 1 is 0.929 bits per heavy atom. The van der Waals surface area contributed by atoms with E-state index in [0.29, 0.717) is 11.4 Å². The molecule has 7 nitrogen and oxygen atoms in total. The van der Waals surface area contributed by atoms with Crippen LogP contribution in [0.25, 0.3) is 0 Å². The number of nitrogens with one attached hydrogen (secondary N) is 2. The van der Waals surface area contributed by atoms with E-state index in [1.54, 1.807) is 43.5 Å². The third kappa shape index (κ3) is 6.83. The van der Waals surface area contributed by atoms with Crippen LogP contribution in [0.15, 0.2) is 54.6 Å². The fraction of sp³-hybridized carbons (Fsp3) is 0.333. The lowest BCUT2D eigenvalue weighted by atomic mass is 10.1. The fourth-order valence-corrected chi connectivity index (χ4v) is 2.39. The molecule has 28 heavy (non-hydrogen) atoms. The summed E-state index contributed by atoms with van der Waals surface area (Å²) >= 11 is 0. The molecule has 0 saturated heterocycles. The normalized spacial score (nSPS) is 11.4. The Hall–Kier alpha value is -3.22. The number of anilines is 1. The van der Waals surface area contributed by atoms with Crippen LogP contribution in [0.2, 0.25) is 0 Å². The first-order chi connectivity index (χ1) is 13.5. The third-order valence-electron chi connectivity index (χ3n) is 3.89. The van der Waals surface area contributed by atoms with E-state index in [0.717, 1.165) is 5.75 Å². The molecule has 0 fully saturated rings. The summed E-state index contributed by atoms with van der Waals surface area (Å²) < 4.78 is 15.9. The van der Waals surface area contributed by atoms with Crippen LogP contribution < -0.4 is 20.1 Å². The molecular formula is C21H26N2O5. The molecule has 0 aliphatic carbocycles. The highest BCUT2D eigenvalue weighted by Crippen LogP contribution is 2.16. The standard InChI is InChI=1S/C21H26N2O5/c1-15(2)19(23-21(25)22-16-7-5-4-6-8-16)20(24)28-14-13-27-18-11-9-17(26-3)10-12-18/h4-12,15,19H,13-14H2,1-3H3,(H2,22,23,25)/t19-/m0/s1. The van der Waals surface area contributed by atoms with Crippen molar-refractivity contribution in [3.63, 3.8) is 0 Å². The number of hydrogen-bond donors (Lipinski definition) is 2. The lowest BCUT2D eigenvalue weighted by Crippen LogP contribution is -2.47. The molecule has 0 aliphatic rings. The molecule has 2 aromatic rings. The van der Waals surface area contributed by atoms with Crippen LogP contribution in [0, 0.1) is 5.92 Å². The van der Waals surface area contributed by atoms with Gasteiger partial charge in [-0.3, -0.25) is 0 Å². The number of esters is 1. The number of amides is 2. The van der Waals surface area contributed by atoms with Crippen LogP contribution in [-0.2, 0) is 9.53 Å². The van der Waals surface area contributed by atoms with Gasteiger partial charge in [0.2, 0.25) is 0 Å². The van der Waals surface area contributed by atoms with E-state index in [4.69, 9.17) is 14.2 Å². The van der Waals surface area contributed by atoms with E-state index >= 15 is 0 Å². The van der Waals surface area contributed by atoms with Crippen molar-refractivity contribution >= 4 is 17.7 Å². The number of carbonyl (C=O) groups is 2. The summed E-state index contributed by atoms with van der Waals surface area (Å²) in [6.45, 7) is 3.96. The van der Waals surface area contributed by atoms with E-state index in [1.807, 2.05) is 32.0 Å². The number of ether oxygens (including phenoxy) is 3. The lowest BCUT2D eigenvalue weighted by molar-refractivity contribution is -0.147. The Morgan fingerprint density at radius 3 is 2.18 bits per heavy atom. The molecule has 0 unspecified atom stereocenters. The maximum Gasteiger partial charge on any atom is 0.329 e. The Kier molecular flexibility index (Phi) is 8.14. The summed E-state index contributed by atoms with van der Waals surface area (Å²) in [5, 5.41) is 5.34. The number of methoxy groups -OCH3 is 1. The van der Waals surface area contributed by atoms with Crippen LogP contribution in [-0.4, -0.2) is 38.4 Å². The van der Waals surface area contributed by atoms with E-state index < -0.39 is 18.0 Å². The zero-order chi connectivity index (χ0) is 20.4. The molecule has 0 radical (unpaired) electrons. The van der Waals surface area contributed by atoms with E-state index in [-0.39, 0.29) is 19.1 Å². The van der Waals surface area contributed by atoms with Gasteiger partial charge in [-0.1, -0.05) is 32.0 Å². The largest absolute Gasteiger partial charge is 0.497 e. The second kappa shape index (κ2) is 10.8. The summed E-state index contributed by atoms with van der Waals surface area (Å²) in [6, 6.07) is 14.9. The molecule has 7 heteroatoms. The highest BCUT2D eigenvalue weighted by atomic mass is 16.6. The highest BCUT2D eigenvalue weighted by molar-refractivity contribution is 5.92. The molecule has 0 bridgehead atoms. The SMILES string of the molecule is COc1ccc(OCCOC(=O)[C@@H](NC(=O)Nc2ccccc2)C(C)C)cc1. The van der Waals surface area contributed by atoms with Crippen molar-refractivity contribution in [1.82, 2.24) is 5.32 Å². The van der Waals surface area contributed by atoms with Crippen molar-refractivity contribution in [2.24, 2.45) is 5.92 Å². The van der Waals surface area contributed by atoms with Gasteiger partial charge in [0.15, 0.2) is 0 Å². The second-order valence-electron chi connectivity index (χ2n) is 6.38. The van der Waals surface area contributed by atoms with Crippen molar-refractivity contribution in [3.05, 3.63) is 54.6 Å². The first-order valence-corrected chi connectivity index (χ1v) is 9.05. The van der Waals surface area contributed by atoms with Crippen LogP contribution in [0.5, 0.6) is 11.5 Å². The van der Waals surface area contributed by atoms with Gasteiger partial charge >= 0.3 is 12.0 Å². The van der Waals surface area contributed by atoms with Crippen molar-refractivity contribution in [2.75, 3.05) is 25.6 Å². The van der Waals surface area contributed by atoms with Gasteiger partial charge in [-0.05, 0) is 42.3 Å². The molecular weight excluding hydrogens is 360 g/mol. The minimum absolute atomic E-state index is 0.0794. The van der Waals surface area contributed by atoms with Gasteiger partial charge in [0, 0.05) is 5.69 Å². The van der Waals surface area contributed by atoms with Gasteiger partial charge in [-0.15, -0.1) is 0 Å². The zero-order valence-electron chi connectivity index (χ0n) is 16.3. The van der Waals surface area contributed by atoms with Crippen molar-refractivity contribution in [1.29, 1.82) is 0 Å². The van der Waals surface area contributed by atoms with E-state index in [9.17, 15) is 9.59 Å². The molecule has 1 atom stereocenters. The van der Waals surface area contributed by atoms with Gasteiger partial charge in [0.05, 0.1) is 7.11 Å². The summed E-state index contributed by atoms with van der Waals surface area (Å²) in [4.78, 5) is 24.5. The summed E-state index contributed by atoms with van der Waals surface area (Å²) in [5.41, 5.74) is 0.642. The van der Waals surface area contributed by atoms with Crippen molar-refractivity contribution < 1.29 is 23.8 Å². The maximum atomic E-state index is 12.3. The van der Waals surface area contributed by atoms with Gasteiger partial charge in [0.1, 0.15) is 30.8 Å². The van der Waals surface area contributed by atoms with Gasteiger partial charge in [-0.25, -0.2) is 9.59 Å². The number of carbonyl (C=O) groups excluding carboxylic acids is 2. The number of benzene rings is 2. The summed E-state index contributed by atoms with van der Waals surface area (Å²) in [6.07, 6.45) is 0. The number of urea groups is 1. The van der Waals surface area contributed by atoms with E-state index in [2.05, 4.69) is 10.6 Å². The monoisotopic (exact) mass is 386 g/mol. The predicted molar refractivity (Wildman–Crippen MR) is 107 cm³/mol. The van der Waals surface area contributed by atoms with Crippen molar-refractivity contribution in [2.45, 2.75) is 19.9 Å². The zero-order valence-corrected chi connectivity index (χ0v) is 16.3. The first kappa shape index (κ1) is 21.1. The van der Waals surface area contributed by atoms with E-state index in [1.165, 1.54) is 0 Å². The molecule has 2 N–H and O–H groups in total. The summed E-state index contributed by atoms with van der Waals surface area (Å²) in [7, 11) is 1.59. The molecule has 0 spiro atoms. The van der Waals surface area contributed by atoms with Crippen LogP contribution >= 0.6 is 0 Å². The van der Waals surface area contributed by atoms with Crippen molar-refractivity contribution in [3.8, 4) is 11.5 Å². The second-order valence-corrected chi connectivity index (χ2v) is 6.38. The van der Waals surface area contributed by atoms with Crippen LogP contribution in [0.1, 0.15) is 13.8 Å². The quantitative estimate of drug-likeness (QED) is 0.509. The minimum Gasteiger partial charge on any atom is -0.497 e. The molecule has 2 amide bonds. The Bertz CT molecular complexity index is 747. The predicted octanol–water partition coefficient (Wildman–Crippen LogP) is 3.46. The number of rotatable bonds is 9. The summed E-state index contributed by atoms with van der Waals surface area (Å²) in [5.74, 6) is 0.754. The molecule has 2 rings (SSSR count). The smallest absolute Gasteiger partial charge is 0.329 e. The Balaban J connectivity index is 1.77. The van der Waals surface area contributed by atoms with Gasteiger partial charge < -0.3 is 24.8 Å².